The van der Waals surface area contributed by atoms with Crippen molar-refractivity contribution in [1.82, 2.24) is 4.34 Å². The van der Waals surface area contributed by atoms with Crippen molar-refractivity contribution in [3.8, 4) is 0 Å². The van der Waals surface area contributed by atoms with Gasteiger partial charge in [-0.1, -0.05) is 26.2 Å². The van der Waals surface area contributed by atoms with Gasteiger partial charge in [-0.25, -0.2) is 5.10 Å². The van der Waals surface area contributed by atoms with Gasteiger partial charge in [-0.05, 0) is 12.8 Å². The zero-order chi connectivity index (χ0) is 11.4. The van der Waals surface area contributed by atoms with Gasteiger partial charge in [0.1, 0.15) is 23.7 Å². The third kappa shape index (κ3) is 3.91. The average molecular weight is 242 g/mol. The van der Waals surface area contributed by atoms with Crippen LogP contribution in [0.5, 0.6) is 0 Å². The fourth-order valence-electron chi connectivity index (χ4n) is 1.91. The molecule has 0 spiro atoms. The van der Waals surface area contributed by atoms with E-state index in [4.69, 9.17) is 5.10 Å². The molecular formula is C10H22N2OSi2. The molecule has 1 aliphatic carbocycles. The van der Waals surface area contributed by atoms with Crippen LogP contribution in [0, 0.1) is 0 Å². The standard InChI is InChI=1S/C10H22N2OSi2/c1-14(2)12(15(3)4)11-9-5-7-10(13)8-6-9/h14-15H,5-8H2,1-4H3. The number of hydrogen-bond acceptors (Lipinski definition) is 3. The zero-order valence-corrected chi connectivity index (χ0v) is 12.6. The second kappa shape index (κ2) is 5.60. The first kappa shape index (κ1) is 12.6. The molecule has 86 valence electrons. The van der Waals surface area contributed by atoms with E-state index in [1.165, 1.54) is 5.71 Å². The van der Waals surface area contributed by atoms with E-state index in [1.54, 1.807) is 0 Å². The van der Waals surface area contributed by atoms with Crippen LogP contribution in [-0.2, 0) is 4.79 Å². The lowest BCUT2D eigenvalue weighted by Crippen LogP contribution is -2.39. The minimum absolute atomic E-state index is 0.407. The van der Waals surface area contributed by atoms with Crippen molar-refractivity contribution in [3.05, 3.63) is 0 Å². The number of carbonyl (C=O) groups is 1. The maximum atomic E-state index is 11.1. The molecular weight excluding hydrogens is 220 g/mol. The van der Waals surface area contributed by atoms with Gasteiger partial charge in [0.15, 0.2) is 0 Å². The Labute approximate surface area is 95.9 Å². The van der Waals surface area contributed by atoms with Crippen LogP contribution in [0.15, 0.2) is 5.10 Å². The van der Waals surface area contributed by atoms with E-state index in [0.29, 0.717) is 18.6 Å². The zero-order valence-electron chi connectivity index (χ0n) is 10.3. The van der Waals surface area contributed by atoms with Crippen molar-refractivity contribution in [2.24, 2.45) is 5.10 Å². The van der Waals surface area contributed by atoms with Crippen LogP contribution >= 0.6 is 0 Å². The summed E-state index contributed by atoms with van der Waals surface area (Å²) in [6.07, 6.45) is 3.23. The average Bonchev–Trinajstić information content (AvgIpc) is 2.15. The molecule has 0 saturated heterocycles. The number of nitrogens with zero attached hydrogens (tertiary/aromatic N) is 2. The molecule has 1 aliphatic rings. The molecule has 5 heteroatoms. The summed E-state index contributed by atoms with van der Waals surface area (Å²) < 4.78 is 2.41. The maximum Gasteiger partial charge on any atom is 0.144 e. The lowest BCUT2D eigenvalue weighted by atomic mass is 9.98. The van der Waals surface area contributed by atoms with Gasteiger partial charge in [-0.15, -0.1) is 0 Å². The van der Waals surface area contributed by atoms with E-state index in [9.17, 15) is 4.79 Å². The first-order valence-corrected chi connectivity index (χ1v) is 11.5. The Bertz CT molecular complexity index is 244. The Morgan fingerprint density at radius 1 is 1.00 bits per heavy atom. The van der Waals surface area contributed by atoms with Crippen molar-refractivity contribution in [1.29, 1.82) is 0 Å². The molecule has 0 aromatic carbocycles. The molecule has 0 atom stereocenters. The molecule has 0 unspecified atom stereocenters. The second-order valence-corrected chi connectivity index (χ2v) is 10.8. The van der Waals surface area contributed by atoms with Gasteiger partial charge in [0.2, 0.25) is 0 Å². The molecule has 0 radical (unpaired) electrons. The van der Waals surface area contributed by atoms with Crippen molar-refractivity contribution < 1.29 is 4.79 Å². The van der Waals surface area contributed by atoms with Crippen molar-refractivity contribution >= 4 is 29.4 Å². The fourth-order valence-corrected chi connectivity index (χ4v) is 7.47. The summed E-state index contributed by atoms with van der Waals surface area (Å²) >= 11 is 0. The minimum atomic E-state index is -0.807. The number of hydrogen-bond donors (Lipinski definition) is 0. The van der Waals surface area contributed by atoms with E-state index >= 15 is 0 Å². The van der Waals surface area contributed by atoms with Crippen LogP contribution < -0.4 is 0 Å². The molecule has 1 fully saturated rings. The molecule has 0 amide bonds. The van der Waals surface area contributed by atoms with Crippen molar-refractivity contribution in [3.63, 3.8) is 0 Å². The number of carbonyl (C=O) groups excluding carboxylic acids is 1. The van der Waals surface area contributed by atoms with Gasteiger partial charge in [-0.3, -0.25) is 4.79 Å². The minimum Gasteiger partial charge on any atom is -0.355 e. The predicted octanol–water partition coefficient (Wildman–Crippen LogP) is 1.75. The molecule has 1 rings (SSSR count). The van der Waals surface area contributed by atoms with Crippen LogP contribution in [0.1, 0.15) is 25.7 Å². The number of ketones is 1. The van der Waals surface area contributed by atoms with E-state index < -0.39 is 17.9 Å². The van der Waals surface area contributed by atoms with E-state index in [0.717, 1.165) is 12.8 Å². The van der Waals surface area contributed by atoms with Gasteiger partial charge < -0.3 is 4.34 Å². The Morgan fingerprint density at radius 2 is 1.47 bits per heavy atom. The summed E-state index contributed by atoms with van der Waals surface area (Å²) in [6.45, 7) is 9.30. The Morgan fingerprint density at radius 3 is 1.87 bits per heavy atom. The van der Waals surface area contributed by atoms with Gasteiger partial charge >= 0.3 is 0 Å². The largest absolute Gasteiger partial charge is 0.355 e. The van der Waals surface area contributed by atoms with E-state index in [1.807, 2.05) is 0 Å². The monoisotopic (exact) mass is 242 g/mol. The summed E-state index contributed by atoms with van der Waals surface area (Å²) in [5.74, 6) is 0.407. The van der Waals surface area contributed by atoms with Gasteiger partial charge in [0.05, 0.1) is 0 Å². The highest BCUT2D eigenvalue weighted by Gasteiger charge is 2.17. The molecule has 0 bridgehead atoms. The van der Waals surface area contributed by atoms with Crippen LogP contribution in [-0.4, -0.2) is 33.8 Å². The Balaban J connectivity index is 2.63. The first-order chi connectivity index (χ1) is 7.00. The van der Waals surface area contributed by atoms with Crippen molar-refractivity contribution in [2.45, 2.75) is 51.9 Å². The molecule has 0 aromatic rings. The molecule has 0 aliphatic heterocycles. The first-order valence-electron chi connectivity index (χ1n) is 5.87. The fraction of sp³-hybridized carbons (Fsp3) is 0.800. The quantitative estimate of drug-likeness (QED) is 0.558. The topological polar surface area (TPSA) is 32.7 Å². The van der Waals surface area contributed by atoms with Crippen LogP contribution in [0.25, 0.3) is 0 Å². The summed E-state index contributed by atoms with van der Waals surface area (Å²) in [5.41, 5.74) is 1.26. The lowest BCUT2D eigenvalue weighted by Gasteiger charge is -2.28. The SMILES string of the molecule is C[SiH](C)N(N=C1CCC(=O)CC1)[SiH](C)C. The highest BCUT2D eigenvalue weighted by atomic mass is 28.3. The summed E-state index contributed by atoms with van der Waals surface area (Å²) in [4.78, 5) is 11.1. The van der Waals surface area contributed by atoms with Crippen LogP contribution in [0.3, 0.4) is 0 Å². The maximum absolute atomic E-state index is 11.1. The highest BCUT2D eigenvalue weighted by molar-refractivity contribution is 6.69. The lowest BCUT2D eigenvalue weighted by molar-refractivity contribution is -0.119. The van der Waals surface area contributed by atoms with Gasteiger partial charge in [-0.2, -0.15) is 0 Å². The molecule has 15 heavy (non-hydrogen) atoms. The molecule has 0 aromatic heterocycles. The normalized spacial score (nSPS) is 17.5. The van der Waals surface area contributed by atoms with E-state index in [-0.39, 0.29) is 0 Å². The van der Waals surface area contributed by atoms with E-state index in [2.05, 4.69) is 30.5 Å². The third-order valence-electron chi connectivity index (χ3n) is 2.70. The third-order valence-corrected chi connectivity index (χ3v) is 8.62. The van der Waals surface area contributed by atoms with Gasteiger partial charge in [0.25, 0.3) is 0 Å². The number of Topliss-reactive ketones (excluding diaryl/α,β-unsaturated/α-hetero) is 1. The van der Waals surface area contributed by atoms with Gasteiger partial charge in [0, 0.05) is 18.6 Å². The number of hydrazone groups is 1. The second-order valence-electron chi connectivity index (χ2n) is 4.77. The van der Waals surface area contributed by atoms with Crippen LogP contribution in [0.4, 0.5) is 0 Å². The summed E-state index contributed by atoms with van der Waals surface area (Å²) in [7, 11) is -1.61. The number of rotatable bonds is 3. The molecule has 1 saturated carbocycles. The van der Waals surface area contributed by atoms with Crippen LogP contribution in [0.2, 0.25) is 26.2 Å². The Hall–Kier alpha value is -0.426. The molecule has 3 nitrogen and oxygen atoms in total. The predicted molar refractivity (Wildman–Crippen MR) is 70.5 cm³/mol. The molecule has 0 heterocycles. The Kier molecular flexibility index (Phi) is 4.72. The summed E-state index contributed by atoms with van der Waals surface area (Å²) in [5, 5.41) is 4.79. The highest BCUT2D eigenvalue weighted by Crippen LogP contribution is 2.14. The summed E-state index contributed by atoms with van der Waals surface area (Å²) in [6, 6.07) is 0. The van der Waals surface area contributed by atoms with Crippen molar-refractivity contribution in [2.75, 3.05) is 0 Å². The smallest absolute Gasteiger partial charge is 0.144 e. The molecule has 0 N–H and O–H groups in total.